The third-order valence-electron chi connectivity index (χ3n) is 6.85. The number of carbonyl (C=O) groups is 2. The van der Waals surface area contributed by atoms with Gasteiger partial charge in [0, 0.05) is 18.4 Å². The Balaban J connectivity index is 1.84. The number of carbonyl (C=O) groups excluding carboxylic acids is 2. The second-order valence-electron chi connectivity index (χ2n) is 9.90. The van der Waals surface area contributed by atoms with Gasteiger partial charge >= 0.3 is 11.9 Å². The van der Waals surface area contributed by atoms with Crippen molar-refractivity contribution in [3.63, 3.8) is 0 Å². The molecule has 3 rings (SSSR count). The average molecular weight is 473 g/mol. The number of cyclic esters (lactones) is 1. The van der Waals surface area contributed by atoms with Crippen LogP contribution in [0.2, 0.25) is 0 Å². The lowest BCUT2D eigenvalue weighted by molar-refractivity contribution is -0.154. The van der Waals surface area contributed by atoms with Crippen molar-refractivity contribution < 1.29 is 28.5 Å². The summed E-state index contributed by atoms with van der Waals surface area (Å²) in [6.07, 6.45) is 17.0. The Kier molecular flexibility index (Phi) is 10.1. The minimum atomic E-state index is -0.387. The summed E-state index contributed by atoms with van der Waals surface area (Å²) in [6, 6.07) is 0. The Labute approximate surface area is 204 Å². The van der Waals surface area contributed by atoms with Gasteiger partial charge in [0.25, 0.3) is 0 Å². The van der Waals surface area contributed by atoms with Crippen LogP contribution in [0.3, 0.4) is 0 Å². The van der Waals surface area contributed by atoms with E-state index < -0.39 is 0 Å². The molecule has 0 unspecified atom stereocenters. The van der Waals surface area contributed by atoms with E-state index in [1.165, 1.54) is 7.11 Å². The summed E-state index contributed by atoms with van der Waals surface area (Å²) in [6.45, 7) is 7.99. The summed E-state index contributed by atoms with van der Waals surface area (Å²) in [7, 11) is 1.37. The van der Waals surface area contributed by atoms with E-state index in [1.807, 2.05) is 12.2 Å². The van der Waals surface area contributed by atoms with Gasteiger partial charge in [0.1, 0.15) is 6.10 Å². The van der Waals surface area contributed by atoms with Gasteiger partial charge in [0.2, 0.25) is 0 Å². The van der Waals surface area contributed by atoms with Crippen LogP contribution in [0.5, 0.6) is 0 Å². The molecule has 3 heterocycles. The minimum Gasteiger partial charge on any atom is -0.466 e. The predicted octanol–water partition coefficient (Wildman–Crippen LogP) is 5.24. The van der Waals surface area contributed by atoms with Crippen LogP contribution in [0, 0.1) is 11.8 Å². The van der Waals surface area contributed by atoms with Crippen molar-refractivity contribution in [1.82, 2.24) is 0 Å². The standard InChI is InChI=1S/C28H40O6/c1-5-6-10-26-20(3)12-11-19(2)13-22-8-7-9-23(32-22)17-24-14-21(16-27(29)31-4)15-25(33-24)18-28(30)34-26/h5-6,10-12,16,19-20,22-26H,1,7-9,13-15,17-18H2,2-4H3/b10-6+,12-11+,21-16-/t19-,20-,22+,23-,24+,25-,26-/m0/s1. The highest BCUT2D eigenvalue weighted by atomic mass is 16.6. The van der Waals surface area contributed by atoms with Crippen LogP contribution in [0.15, 0.2) is 48.6 Å². The van der Waals surface area contributed by atoms with E-state index in [0.29, 0.717) is 18.8 Å². The first-order valence-electron chi connectivity index (χ1n) is 12.6. The monoisotopic (exact) mass is 472 g/mol. The number of fused-ring (bicyclic) bond motifs is 4. The molecule has 0 N–H and O–H groups in total. The third kappa shape index (κ3) is 8.24. The van der Waals surface area contributed by atoms with Gasteiger partial charge in [-0.3, -0.25) is 4.79 Å². The summed E-state index contributed by atoms with van der Waals surface area (Å²) in [4.78, 5) is 24.8. The molecule has 3 aliphatic rings. The Morgan fingerprint density at radius 2 is 1.74 bits per heavy atom. The fourth-order valence-corrected chi connectivity index (χ4v) is 5.12. The quantitative estimate of drug-likeness (QED) is 0.242. The van der Waals surface area contributed by atoms with Crippen molar-refractivity contribution in [1.29, 1.82) is 0 Å². The maximum absolute atomic E-state index is 12.9. The Morgan fingerprint density at radius 3 is 2.47 bits per heavy atom. The number of ether oxygens (including phenoxy) is 4. The van der Waals surface area contributed by atoms with Crippen LogP contribution in [-0.4, -0.2) is 49.6 Å². The Hall–Kier alpha value is -2.18. The highest BCUT2D eigenvalue weighted by Gasteiger charge is 2.33. The molecule has 34 heavy (non-hydrogen) atoms. The van der Waals surface area contributed by atoms with E-state index in [4.69, 9.17) is 18.9 Å². The summed E-state index contributed by atoms with van der Waals surface area (Å²) in [5.74, 6) is -0.303. The summed E-state index contributed by atoms with van der Waals surface area (Å²) in [5, 5.41) is 0. The lowest BCUT2D eigenvalue weighted by Crippen LogP contribution is -2.37. The Bertz CT molecular complexity index is 797. The molecule has 0 aromatic carbocycles. The lowest BCUT2D eigenvalue weighted by Gasteiger charge is -2.37. The fraction of sp³-hybridized carbons (Fsp3) is 0.643. The molecular formula is C28H40O6. The zero-order chi connectivity index (χ0) is 24.5. The van der Waals surface area contributed by atoms with E-state index in [9.17, 15) is 9.59 Å². The normalized spacial score (nSPS) is 37.7. The van der Waals surface area contributed by atoms with Crippen LogP contribution in [-0.2, 0) is 28.5 Å². The molecule has 2 fully saturated rings. The fourth-order valence-electron chi connectivity index (χ4n) is 5.12. The maximum Gasteiger partial charge on any atom is 0.330 e. The molecule has 4 bridgehead atoms. The van der Waals surface area contributed by atoms with Gasteiger partial charge in [-0.2, -0.15) is 0 Å². The van der Waals surface area contributed by atoms with E-state index >= 15 is 0 Å². The van der Waals surface area contributed by atoms with E-state index in [2.05, 4.69) is 32.6 Å². The number of methoxy groups -OCH3 is 1. The molecule has 6 heteroatoms. The maximum atomic E-state index is 12.9. The molecular weight excluding hydrogens is 432 g/mol. The molecule has 0 saturated carbocycles. The van der Waals surface area contributed by atoms with Crippen LogP contribution >= 0.6 is 0 Å². The lowest BCUT2D eigenvalue weighted by atomic mass is 9.89. The van der Waals surface area contributed by atoms with Gasteiger partial charge in [-0.25, -0.2) is 4.79 Å². The first-order valence-corrected chi connectivity index (χ1v) is 12.6. The molecule has 6 nitrogen and oxygen atoms in total. The molecule has 0 spiro atoms. The number of hydrogen-bond donors (Lipinski definition) is 0. The van der Waals surface area contributed by atoms with E-state index in [-0.39, 0.29) is 54.8 Å². The van der Waals surface area contributed by atoms with Crippen molar-refractivity contribution in [3.8, 4) is 0 Å². The second-order valence-corrected chi connectivity index (χ2v) is 9.90. The van der Waals surface area contributed by atoms with Crippen LogP contribution in [0.1, 0.15) is 65.2 Å². The molecule has 0 aliphatic carbocycles. The van der Waals surface area contributed by atoms with Gasteiger partial charge in [-0.05, 0) is 50.5 Å². The van der Waals surface area contributed by atoms with E-state index in [0.717, 1.165) is 37.7 Å². The van der Waals surface area contributed by atoms with Gasteiger partial charge in [0.15, 0.2) is 0 Å². The number of allylic oxidation sites excluding steroid dienone is 3. The molecule has 2 saturated heterocycles. The predicted molar refractivity (Wildman–Crippen MR) is 131 cm³/mol. The van der Waals surface area contributed by atoms with Crippen molar-refractivity contribution in [3.05, 3.63) is 48.6 Å². The molecule has 0 aromatic heterocycles. The molecule has 0 aromatic rings. The van der Waals surface area contributed by atoms with Crippen LogP contribution in [0.25, 0.3) is 0 Å². The SMILES string of the molecule is C=C/C=C/[C@@H]1OC(=O)C[C@@H]2C/C(=C\C(=O)OC)C[C@H](C[C@@H]3CCC[C@H](C[C@@H](C)/C=C/[C@@H]1C)O3)O2. The zero-order valence-corrected chi connectivity index (χ0v) is 20.8. The van der Waals surface area contributed by atoms with Gasteiger partial charge in [-0.15, -0.1) is 0 Å². The van der Waals surface area contributed by atoms with Crippen LogP contribution < -0.4 is 0 Å². The summed E-state index contributed by atoms with van der Waals surface area (Å²) >= 11 is 0. The second kappa shape index (κ2) is 13.1. The van der Waals surface area contributed by atoms with Crippen molar-refractivity contribution >= 4 is 11.9 Å². The van der Waals surface area contributed by atoms with Gasteiger partial charge < -0.3 is 18.9 Å². The van der Waals surface area contributed by atoms with Crippen LogP contribution in [0.4, 0.5) is 0 Å². The molecule has 0 amide bonds. The largest absolute Gasteiger partial charge is 0.466 e. The minimum absolute atomic E-state index is 0.0188. The number of hydrogen-bond acceptors (Lipinski definition) is 6. The highest BCUT2D eigenvalue weighted by molar-refractivity contribution is 5.82. The Morgan fingerprint density at radius 1 is 1.03 bits per heavy atom. The van der Waals surface area contributed by atoms with Crippen molar-refractivity contribution in [2.75, 3.05) is 7.11 Å². The molecule has 188 valence electrons. The number of esters is 2. The zero-order valence-electron chi connectivity index (χ0n) is 20.8. The van der Waals surface area contributed by atoms with Crippen molar-refractivity contribution in [2.24, 2.45) is 11.8 Å². The molecule has 7 atom stereocenters. The molecule has 0 radical (unpaired) electrons. The smallest absolute Gasteiger partial charge is 0.330 e. The molecule has 3 aliphatic heterocycles. The van der Waals surface area contributed by atoms with Crippen molar-refractivity contribution in [2.45, 2.75) is 95.7 Å². The topological polar surface area (TPSA) is 71.1 Å². The summed E-state index contributed by atoms with van der Waals surface area (Å²) < 4.78 is 23.5. The third-order valence-corrected chi connectivity index (χ3v) is 6.85. The highest BCUT2D eigenvalue weighted by Crippen LogP contribution is 2.33. The first-order chi connectivity index (χ1) is 16.4. The first kappa shape index (κ1) is 26.4. The van der Waals surface area contributed by atoms with Gasteiger partial charge in [-0.1, -0.05) is 50.3 Å². The average Bonchev–Trinajstić information content (AvgIpc) is 2.79. The van der Waals surface area contributed by atoms with Gasteiger partial charge in [0.05, 0.1) is 37.9 Å². The van der Waals surface area contributed by atoms with E-state index in [1.54, 1.807) is 12.2 Å². The summed E-state index contributed by atoms with van der Waals surface area (Å²) in [5.41, 5.74) is 0.947. The number of rotatable bonds is 3.